The average molecular weight is 233 g/mol. The molecule has 1 aliphatic heterocycles. The SMILES string of the molecule is C1=[N+](c2ccccc2)Cn2c1cc1ccccc12. The van der Waals surface area contributed by atoms with Crippen LogP contribution in [0.2, 0.25) is 0 Å². The second-order valence-electron chi connectivity index (χ2n) is 4.63. The Morgan fingerprint density at radius 2 is 1.67 bits per heavy atom. The molecule has 4 rings (SSSR count). The third-order valence-corrected chi connectivity index (χ3v) is 3.51. The molecule has 2 heterocycles. The van der Waals surface area contributed by atoms with E-state index >= 15 is 0 Å². The highest BCUT2D eigenvalue weighted by Crippen LogP contribution is 2.24. The van der Waals surface area contributed by atoms with Crippen LogP contribution in [0.3, 0.4) is 0 Å². The van der Waals surface area contributed by atoms with Gasteiger partial charge in [-0.2, -0.15) is 4.58 Å². The van der Waals surface area contributed by atoms with Gasteiger partial charge in [0.05, 0.1) is 5.52 Å². The molecule has 1 aliphatic rings. The lowest BCUT2D eigenvalue weighted by Crippen LogP contribution is -2.04. The average Bonchev–Trinajstić information content (AvgIpc) is 2.97. The Kier molecular flexibility index (Phi) is 1.92. The summed E-state index contributed by atoms with van der Waals surface area (Å²) < 4.78 is 4.63. The monoisotopic (exact) mass is 233 g/mol. The van der Waals surface area contributed by atoms with Crippen molar-refractivity contribution in [1.82, 2.24) is 4.57 Å². The second-order valence-corrected chi connectivity index (χ2v) is 4.63. The molecule has 0 saturated carbocycles. The Morgan fingerprint density at radius 3 is 2.56 bits per heavy atom. The van der Waals surface area contributed by atoms with E-state index in [-0.39, 0.29) is 0 Å². The van der Waals surface area contributed by atoms with Gasteiger partial charge in [-0.25, -0.2) is 0 Å². The summed E-state index contributed by atoms with van der Waals surface area (Å²) in [5.74, 6) is 0. The summed E-state index contributed by atoms with van der Waals surface area (Å²) in [4.78, 5) is 0. The molecule has 0 aliphatic carbocycles. The fraction of sp³-hybridized carbons (Fsp3) is 0.0625. The number of hydrogen-bond donors (Lipinski definition) is 0. The number of nitrogens with zero attached hydrogens (tertiary/aromatic N) is 2. The van der Waals surface area contributed by atoms with Gasteiger partial charge in [-0.15, -0.1) is 0 Å². The molecule has 3 aromatic rings. The van der Waals surface area contributed by atoms with E-state index in [4.69, 9.17) is 0 Å². The van der Waals surface area contributed by atoms with Gasteiger partial charge in [-0.05, 0) is 12.1 Å². The lowest BCUT2D eigenvalue weighted by molar-refractivity contribution is -0.462. The minimum atomic E-state index is 0.896. The highest BCUT2D eigenvalue weighted by molar-refractivity contribution is 5.90. The summed E-state index contributed by atoms with van der Waals surface area (Å²) in [6.07, 6.45) is 2.22. The molecule has 0 N–H and O–H groups in total. The van der Waals surface area contributed by atoms with Crippen molar-refractivity contribution in [2.45, 2.75) is 6.67 Å². The smallest absolute Gasteiger partial charge is 0.228 e. The minimum absolute atomic E-state index is 0.896. The number of para-hydroxylation sites is 2. The van der Waals surface area contributed by atoms with Gasteiger partial charge in [0.15, 0.2) is 6.21 Å². The molecule has 2 aromatic carbocycles. The van der Waals surface area contributed by atoms with Gasteiger partial charge in [-0.3, -0.25) is 4.57 Å². The van der Waals surface area contributed by atoms with E-state index in [2.05, 4.69) is 76.0 Å². The maximum absolute atomic E-state index is 2.35. The van der Waals surface area contributed by atoms with Crippen molar-refractivity contribution in [1.29, 1.82) is 0 Å². The van der Waals surface area contributed by atoms with E-state index in [0.717, 1.165) is 6.67 Å². The van der Waals surface area contributed by atoms with Crippen molar-refractivity contribution < 1.29 is 4.58 Å². The second kappa shape index (κ2) is 3.57. The zero-order valence-electron chi connectivity index (χ0n) is 9.95. The normalized spacial score (nSPS) is 13.7. The summed E-state index contributed by atoms with van der Waals surface area (Å²) in [6.45, 7) is 0.896. The van der Waals surface area contributed by atoms with Crippen molar-refractivity contribution in [2.75, 3.05) is 0 Å². The number of benzene rings is 2. The summed E-state index contributed by atoms with van der Waals surface area (Å²) >= 11 is 0. The molecule has 2 heteroatoms. The molecule has 0 fully saturated rings. The van der Waals surface area contributed by atoms with E-state index < -0.39 is 0 Å². The number of hydrogen-bond acceptors (Lipinski definition) is 0. The van der Waals surface area contributed by atoms with Gasteiger partial charge in [0.1, 0.15) is 5.69 Å². The molecule has 1 aromatic heterocycles. The fourth-order valence-electron chi connectivity index (χ4n) is 2.63. The van der Waals surface area contributed by atoms with Crippen molar-refractivity contribution in [3.8, 4) is 0 Å². The van der Waals surface area contributed by atoms with Crippen molar-refractivity contribution in [3.05, 3.63) is 66.4 Å². The summed E-state index contributed by atoms with van der Waals surface area (Å²) in [5, 5.41) is 1.32. The third-order valence-electron chi connectivity index (χ3n) is 3.51. The van der Waals surface area contributed by atoms with Crippen LogP contribution in [0.1, 0.15) is 5.69 Å². The molecule has 86 valence electrons. The first kappa shape index (κ1) is 9.66. The van der Waals surface area contributed by atoms with E-state index in [0.29, 0.717) is 0 Å². The molecule has 0 bridgehead atoms. The minimum Gasteiger partial charge on any atom is -0.279 e. The summed E-state index contributed by atoms with van der Waals surface area (Å²) in [6, 6.07) is 21.3. The molecular formula is C16H13N2+. The Labute approximate surface area is 105 Å². The Balaban J connectivity index is 1.85. The molecular weight excluding hydrogens is 220 g/mol. The molecule has 0 amide bonds. The van der Waals surface area contributed by atoms with Gasteiger partial charge in [0.25, 0.3) is 0 Å². The van der Waals surface area contributed by atoms with Crippen LogP contribution in [-0.2, 0) is 6.67 Å². The van der Waals surface area contributed by atoms with Crippen LogP contribution < -0.4 is 0 Å². The highest BCUT2D eigenvalue weighted by atomic mass is 15.2. The maximum atomic E-state index is 2.35. The van der Waals surface area contributed by atoms with Crippen molar-refractivity contribution in [2.24, 2.45) is 0 Å². The van der Waals surface area contributed by atoms with Gasteiger partial charge in [0.2, 0.25) is 12.4 Å². The molecule has 0 radical (unpaired) electrons. The Bertz CT molecular complexity index is 751. The molecule has 18 heavy (non-hydrogen) atoms. The molecule has 0 spiro atoms. The van der Waals surface area contributed by atoms with Crippen LogP contribution in [0.15, 0.2) is 60.7 Å². The van der Waals surface area contributed by atoms with Crippen molar-refractivity contribution >= 4 is 22.8 Å². The number of aromatic nitrogens is 1. The topological polar surface area (TPSA) is 7.94 Å². The molecule has 0 unspecified atom stereocenters. The summed E-state index contributed by atoms with van der Waals surface area (Å²) in [5.41, 5.74) is 3.83. The maximum Gasteiger partial charge on any atom is 0.228 e. The zero-order chi connectivity index (χ0) is 11.9. The van der Waals surface area contributed by atoms with Gasteiger partial charge in [0, 0.05) is 17.5 Å². The standard InChI is InChI=1S/C16H13N2/c1-2-7-14(8-3-1)17-11-15-10-13-6-4-5-9-16(13)18(15)12-17/h1-11H,12H2/q+1. The van der Waals surface area contributed by atoms with Gasteiger partial charge < -0.3 is 0 Å². The van der Waals surface area contributed by atoms with Crippen LogP contribution >= 0.6 is 0 Å². The quantitative estimate of drug-likeness (QED) is 0.569. The first-order valence-electron chi connectivity index (χ1n) is 6.17. The highest BCUT2D eigenvalue weighted by Gasteiger charge is 2.22. The van der Waals surface area contributed by atoms with E-state index in [1.54, 1.807) is 0 Å². The van der Waals surface area contributed by atoms with Gasteiger partial charge in [-0.1, -0.05) is 36.4 Å². The molecule has 2 nitrogen and oxygen atoms in total. The van der Waals surface area contributed by atoms with Crippen LogP contribution in [0.25, 0.3) is 10.9 Å². The van der Waals surface area contributed by atoms with Crippen LogP contribution in [0, 0.1) is 0 Å². The Morgan fingerprint density at radius 1 is 0.889 bits per heavy atom. The molecule has 0 saturated heterocycles. The predicted octanol–water partition coefficient (Wildman–Crippen LogP) is 3.38. The Hall–Kier alpha value is -2.35. The first-order valence-corrected chi connectivity index (χ1v) is 6.17. The van der Waals surface area contributed by atoms with Crippen LogP contribution in [0.5, 0.6) is 0 Å². The van der Waals surface area contributed by atoms with Crippen LogP contribution in [0.4, 0.5) is 5.69 Å². The fourth-order valence-corrected chi connectivity index (χ4v) is 2.63. The predicted molar refractivity (Wildman–Crippen MR) is 73.5 cm³/mol. The number of fused-ring (bicyclic) bond motifs is 3. The lowest BCUT2D eigenvalue weighted by Gasteiger charge is -2.00. The zero-order valence-corrected chi connectivity index (χ0v) is 9.95. The van der Waals surface area contributed by atoms with Gasteiger partial charge >= 0.3 is 0 Å². The largest absolute Gasteiger partial charge is 0.279 e. The lowest BCUT2D eigenvalue weighted by atomic mass is 10.2. The summed E-state index contributed by atoms with van der Waals surface area (Å²) in [7, 11) is 0. The van der Waals surface area contributed by atoms with E-state index in [1.165, 1.54) is 22.3 Å². The molecule has 0 atom stereocenters. The van der Waals surface area contributed by atoms with E-state index in [1.807, 2.05) is 0 Å². The third kappa shape index (κ3) is 1.32. The first-order chi connectivity index (χ1) is 8.92. The number of rotatable bonds is 1. The van der Waals surface area contributed by atoms with Crippen LogP contribution in [-0.4, -0.2) is 15.4 Å². The van der Waals surface area contributed by atoms with E-state index in [9.17, 15) is 0 Å². The van der Waals surface area contributed by atoms with Crippen molar-refractivity contribution in [3.63, 3.8) is 0 Å².